The summed E-state index contributed by atoms with van der Waals surface area (Å²) in [6, 6.07) is 0. The lowest BCUT2D eigenvalue weighted by molar-refractivity contribution is -0.143. The molecule has 18 heavy (non-hydrogen) atoms. The van der Waals surface area contributed by atoms with Crippen LogP contribution in [0.4, 0.5) is 0 Å². The summed E-state index contributed by atoms with van der Waals surface area (Å²) < 4.78 is -0.713. The molecule has 4 unspecified atom stereocenters. The van der Waals surface area contributed by atoms with Gasteiger partial charge >= 0.3 is 11.9 Å². The number of thioether (sulfide) groups is 1. The Morgan fingerprint density at radius 2 is 2.17 bits per heavy atom. The summed E-state index contributed by atoms with van der Waals surface area (Å²) in [6.07, 6.45) is 4.45. The lowest BCUT2D eigenvalue weighted by Gasteiger charge is -2.19. The van der Waals surface area contributed by atoms with E-state index in [0.29, 0.717) is 18.0 Å². The molecule has 6 nitrogen and oxygen atoms in total. The molecule has 2 aliphatic rings. The zero-order valence-corrected chi connectivity index (χ0v) is 10.2. The van der Waals surface area contributed by atoms with Gasteiger partial charge in [0.05, 0.1) is 16.6 Å². The number of carboxylic acids is 2. The fraction of sp³-hybridized carbons (Fsp3) is 0.545. The standard InChI is InChI=1S/C11H12N2O4S/c14-8(15)6-2-1-5-7(9(16)17)11(5,6)18-10-12-3-4-13-10/h3-7H,1-2H2,(H,12,13)(H,14,15)(H,16,17). The second-order valence-electron chi connectivity index (χ2n) is 4.74. The molecule has 0 amide bonds. The molecule has 3 N–H and O–H groups in total. The second-order valence-corrected chi connectivity index (χ2v) is 6.04. The first kappa shape index (κ1) is 11.6. The van der Waals surface area contributed by atoms with Gasteiger partial charge in [-0.25, -0.2) is 4.98 Å². The highest BCUT2D eigenvalue weighted by Gasteiger charge is 2.77. The van der Waals surface area contributed by atoms with Crippen molar-refractivity contribution in [3.8, 4) is 0 Å². The first-order valence-electron chi connectivity index (χ1n) is 5.71. The summed E-state index contributed by atoms with van der Waals surface area (Å²) in [5.74, 6) is -3.02. The van der Waals surface area contributed by atoms with Gasteiger partial charge in [0, 0.05) is 12.4 Å². The van der Waals surface area contributed by atoms with Crippen LogP contribution < -0.4 is 0 Å². The van der Waals surface area contributed by atoms with E-state index in [1.807, 2.05) is 0 Å². The number of aromatic nitrogens is 2. The Kier molecular flexibility index (Phi) is 2.41. The number of aliphatic carboxylic acids is 2. The minimum absolute atomic E-state index is 0.0498. The number of hydrogen-bond acceptors (Lipinski definition) is 4. The highest BCUT2D eigenvalue weighted by molar-refractivity contribution is 8.01. The van der Waals surface area contributed by atoms with Crippen LogP contribution in [0.3, 0.4) is 0 Å². The van der Waals surface area contributed by atoms with Crippen molar-refractivity contribution in [1.29, 1.82) is 0 Å². The summed E-state index contributed by atoms with van der Waals surface area (Å²) in [5, 5.41) is 19.1. The maximum Gasteiger partial charge on any atom is 0.308 e. The molecular formula is C11H12N2O4S. The van der Waals surface area contributed by atoms with E-state index in [1.165, 1.54) is 11.8 Å². The number of nitrogens with one attached hydrogen (secondary N) is 1. The Labute approximate surface area is 107 Å². The number of carbonyl (C=O) groups is 2. The first-order chi connectivity index (χ1) is 8.57. The molecule has 2 saturated carbocycles. The molecule has 4 atom stereocenters. The Balaban J connectivity index is 1.93. The molecule has 0 spiro atoms. The van der Waals surface area contributed by atoms with Crippen LogP contribution in [0.25, 0.3) is 0 Å². The van der Waals surface area contributed by atoms with Crippen molar-refractivity contribution < 1.29 is 19.8 Å². The fourth-order valence-electron chi connectivity index (χ4n) is 3.26. The highest BCUT2D eigenvalue weighted by atomic mass is 32.2. The van der Waals surface area contributed by atoms with Crippen LogP contribution in [0, 0.1) is 17.8 Å². The van der Waals surface area contributed by atoms with Gasteiger partial charge in [0.2, 0.25) is 0 Å². The van der Waals surface area contributed by atoms with E-state index in [9.17, 15) is 19.8 Å². The monoisotopic (exact) mass is 268 g/mol. The molecule has 1 aromatic rings. The third-order valence-corrected chi connectivity index (χ3v) is 5.59. The third-order valence-electron chi connectivity index (χ3n) is 3.98. The van der Waals surface area contributed by atoms with Crippen molar-refractivity contribution in [2.75, 3.05) is 0 Å². The number of H-pyrrole nitrogens is 1. The van der Waals surface area contributed by atoms with E-state index in [0.717, 1.165) is 0 Å². The maximum absolute atomic E-state index is 11.3. The van der Waals surface area contributed by atoms with Gasteiger partial charge in [-0.3, -0.25) is 9.59 Å². The average Bonchev–Trinajstić information content (AvgIpc) is 2.69. The lowest BCUT2D eigenvalue weighted by Crippen LogP contribution is -2.29. The van der Waals surface area contributed by atoms with Crippen LogP contribution in [0.1, 0.15) is 12.8 Å². The summed E-state index contributed by atoms with van der Waals surface area (Å²) in [5.41, 5.74) is 0. The Morgan fingerprint density at radius 3 is 2.67 bits per heavy atom. The van der Waals surface area contributed by atoms with E-state index in [-0.39, 0.29) is 5.92 Å². The van der Waals surface area contributed by atoms with Crippen LogP contribution >= 0.6 is 11.8 Å². The van der Waals surface area contributed by atoms with Gasteiger partial charge in [-0.05, 0) is 18.8 Å². The maximum atomic E-state index is 11.3. The number of imidazole rings is 1. The first-order valence-corrected chi connectivity index (χ1v) is 6.53. The Bertz CT molecular complexity index is 503. The molecular weight excluding hydrogens is 256 g/mol. The predicted octanol–water partition coefficient (Wildman–Crippen LogP) is 1.07. The molecule has 2 fully saturated rings. The number of rotatable bonds is 4. The zero-order valence-electron chi connectivity index (χ0n) is 9.37. The zero-order chi connectivity index (χ0) is 12.9. The second kappa shape index (κ2) is 3.74. The molecule has 1 aromatic heterocycles. The Hall–Kier alpha value is -1.50. The molecule has 3 rings (SSSR count). The van der Waals surface area contributed by atoms with E-state index in [4.69, 9.17) is 0 Å². The largest absolute Gasteiger partial charge is 0.481 e. The predicted molar refractivity (Wildman–Crippen MR) is 62.2 cm³/mol. The van der Waals surface area contributed by atoms with Crippen molar-refractivity contribution in [2.45, 2.75) is 22.7 Å². The smallest absolute Gasteiger partial charge is 0.308 e. The number of nitrogens with zero attached hydrogens (tertiary/aromatic N) is 1. The van der Waals surface area contributed by atoms with Crippen LogP contribution in [-0.4, -0.2) is 36.9 Å². The number of hydrogen-bond donors (Lipinski definition) is 3. The molecule has 0 radical (unpaired) electrons. The van der Waals surface area contributed by atoms with E-state index >= 15 is 0 Å². The average molecular weight is 268 g/mol. The summed E-state index contributed by atoms with van der Waals surface area (Å²) >= 11 is 1.28. The minimum atomic E-state index is -0.902. The van der Waals surface area contributed by atoms with Gasteiger partial charge in [-0.2, -0.15) is 0 Å². The summed E-state index contributed by atoms with van der Waals surface area (Å²) in [4.78, 5) is 29.5. The van der Waals surface area contributed by atoms with E-state index in [1.54, 1.807) is 12.4 Å². The topological polar surface area (TPSA) is 103 Å². The summed E-state index contributed by atoms with van der Waals surface area (Å²) in [7, 11) is 0. The van der Waals surface area contributed by atoms with Crippen molar-refractivity contribution in [1.82, 2.24) is 9.97 Å². The summed E-state index contributed by atoms with van der Waals surface area (Å²) in [6.45, 7) is 0. The van der Waals surface area contributed by atoms with Crippen LogP contribution in [-0.2, 0) is 9.59 Å². The fourth-order valence-corrected chi connectivity index (χ4v) is 4.93. The molecule has 2 aliphatic carbocycles. The molecule has 0 saturated heterocycles. The quantitative estimate of drug-likeness (QED) is 0.754. The normalized spacial score (nSPS) is 37.2. The molecule has 0 aliphatic heterocycles. The van der Waals surface area contributed by atoms with Crippen LogP contribution in [0.15, 0.2) is 17.6 Å². The van der Waals surface area contributed by atoms with E-state index in [2.05, 4.69) is 9.97 Å². The number of aromatic amines is 1. The Morgan fingerprint density at radius 1 is 1.39 bits per heavy atom. The SMILES string of the molecule is O=C(O)C1CCC2C(C(=O)O)C12Sc1ncc[nH]1. The number of carboxylic acid groups (broad SMARTS) is 2. The molecule has 1 heterocycles. The minimum Gasteiger partial charge on any atom is -0.481 e. The van der Waals surface area contributed by atoms with Gasteiger partial charge < -0.3 is 15.2 Å². The van der Waals surface area contributed by atoms with Gasteiger partial charge in [0.1, 0.15) is 0 Å². The van der Waals surface area contributed by atoms with Crippen molar-refractivity contribution in [3.63, 3.8) is 0 Å². The van der Waals surface area contributed by atoms with Gasteiger partial charge in [0.15, 0.2) is 5.16 Å². The molecule has 0 aromatic carbocycles. The molecule has 0 bridgehead atoms. The van der Waals surface area contributed by atoms with Gasteiger partial charge in [-0.1, -0.05) is 11.8 Å². The molecule has 7 heteroatoms. The lowest BCUT2D eigenvalue weighted by atomic mass is 10.00. The highest BCUT2D eigenvalue weighted by Crippen LogP contribution is 2.72. The van der Waals surface area contributed by atoms with E-state index < -0.39 is 28.5 Å². The number of fused-ring (bicyclic) bond motifs is 1. The van der Waals surface area contributed by atoms with Crippen molar-refractivity contribution in [3.05, 3.63) is 12.4 Å². The van der Waals surface area contributed by atoms with Gasteiger partial charge in [-0.15, -0.1) is 0 Å². The van der Waals surface area contributed by atoms with Crippen LogP contribution in [0.2, 0.25) is 0 Å². The third kappa shape index (κ3) is 1.40. The molecule has 96 valence electrons. The van der Waals surface area contributed by atoms with Gasteiger partial charge in [0.25, 0.3) is 0 Å². The van der Waals surface area contributed by atoms with Crippen LogP contribution in [0.5, 0.6) is 0 Å². The van der Waals surface area contributed by atoms with Crippen molar-refractivity contribution >= 4 is 23.7 Å². The van der Waals surface area contributed by atoms with Crippen molar-refractivity contribution in [2.24, 2.45) is 17.8 Å².